The third-order valence-electron chi connectivity index (χ3n) is 3.27. The molecule has 0 atom stereocenters. The van der Waals surface area contributed by atoms with Gasteiger partial charge in [-0.15, -0.1) is 0 Å². The molecule has 1 rings (SSSR count). The lowest BCUT2D eigenvalue weighted by molar-refractivity contribution is 0.384. The summed E-state index contributed by atoms with van der Waals surface area (Å²) in [6.45, 7) is 4.75. The summed E-state index contributed by atoms with van der Waals surface area (Å²) in [4.78, 5) is 0. The van der Waals surface area contributed by atoms with Crippen LogP contribution in [0.2, 0.25) is 0 Å². The Hall–Kier alpha value is -0.0800. The van der Waals surface area contributed by atoms with Crippen molar-refractivity contribution in [3.05, 3.63) is 35.9 Å². The predicted octanol–water partition coefficient (Wildman–Crippen LogP) is 4.31. The zero-order chi connectivity index (χ0) is 12.0. The molecule has 2 heteroatoms. The van der Waals surface area contributed by atoms with Gasteiger partial charge in [-0.25, -0.2) is 0 Å². The van der Waals surface area contributed by atoms with Crippen molar-refractivity contribution in [2.45, 2.75) is 19.3 Å². The summed E-state index contributed by atoms with van der Waals surface area (Å²) in [6.07, 6.45) is 4.41. The summed E-state index contributed by atoms with van der Waals surface area (Å²) in [5.74, 6) is 3.21. The second-order valence-electron chi connectivity index (χ2n) is 4.70. The molecule has 0 saturated carbocycles. The van der Waals surface area contributed by atoms with E-state index in [0.29, 0.717) is 0 Å². The predicted molar refractivity (Wildman–Crippen MR) is 79.7 cm³/mol. The first-order valence-corrected chi connectivity index (χ1v) is 8.45. The van der Waals surface area contributed by atoms with Gasteiger partial charge in [0.25, 0.3) is 0 Å². The van der Waals surface area contributed by atoms with E-state index < -0.39 is 0 Å². The van der Waals surface area contributed by atoms with Gasteiger partial charge in [0.15, 0.2) is 0 Å². The standard InChI is InChI=1S/C14H22S2/c1-14(2,12-8-6-5-7-9-12)13(10-15-3)11-16-4/h5-9,13H,10-11H2,1-4H3. The van der Waals surface area contributed by atoms with Gasteiger partial charge in [0.1, 0.15) is 0 Å². The second kappa shape index (κ2) is 6.61. The zero-order valence-electron chi connectivity index (χ0n) is 10.7. The minimum atomic E-state index is 0.271. The van der Waals surface area contributed by atoms with Gasteiger partial charge in [-0.3, -0.25) is 0 Å². The molecule has 0 spiro atoms. The molecule has 0 aliphatic heterocycles. The minimum Gasteiger partial charge on any atom is -0.165 e. The average Bonchev–Trinajstić information content (AvgIpc) is 2.30. The van der Waals surface area contributed by atoms with Crippen molar-refractivity contribution in [3.8, 4) is 0 Å². The molecule has 0 fully saturated rings. The maximum absolute atomic E-state index is 2.37. The number of rotatable bonds is 6. The van der Waals surface area contributed by atoms with Crippen LogP contribution >= 0.6 is 23.5 Å². The summed E-state index contributed by atoms with van der Waals surface area (Å²) in [7, 11) is 0. The highest BCUT2D eigenvalue weighted by atomic mass is 32.2. The van der Waals surface area contributed by atoms with E-state index in [4.69, 9.17) is 0 Å². The molecule has 0 unspecified atom stereocenters. The van der Waals surface area contributed by atoms with E-state index in [9.17, 15) is 0 Å². The maximum Gasteiger partial charge on any atom is -0.00257 e. The van der Waals surface area contributed by atoms with E-state index in [-0.39, 0.29) is 5.41 Å². The Morgan fingerprint density at radius 3 is 1.94 bits per heavy atom. The van der Waals surface area contributed by atoms with Gasteiger partial charge < -0.3 is 0 Å². The Morgan fingerprint density at radius 1 is 1.00 bits per heavy atom. The number of hydrogen-bond donors (Lipinski definition) is 0. The SMILES string of the molecule is CSCC(CSC)C(C)(C)c1ccccc1. The van der Waals surface area contributed by atoms with Crippen LogP contribution in [0.4, 0.5) is 0 Å². The Morgan fingerprint density at radius 2 is 1.50 bits per heavy atom. The van der Waals surface area contributed by atoms with Crippen LogP contribution in [0, 0.1) is 5.92 Å². The molecule has 90 valence electrons. The molecule has 0 bridgehead atoms. The topological polar surface area (TPSA) is 0 Å². The van der Waals surface area contributed by atoms with E-state index in [1.54, 1.807) is 0 Å². The molecule has 0 amide bonds. The molecule has 0 aliphatic carbocycles. The largest absolute Gasteiger partial charge is 0.165 e. The molecule has 0 aliphatic rings. The monoisotopic (exact) mass is 254 g/mol. The summed E-state index contributed by atoms with van der Waals surface area (Å²) in [5, 5.41) is 0. The third kappa shape index (κ3) is 3.46. The third-order valence-corrected chi connectivity index (χ3v) is 4.75. The minimum absolute atomic E-state index is 0.271. The first-order valence-electron chi connectivity index (χ1n) is 5.66. The van der Waals surface area contributed by atoms with Gasteiger partial charge in [0.05, 0.1) is 0 Å². The van der Waals surface area contributed by atoms with E-state index in [1.807, 2.05) is 23.5 Å². The second-order valence-corrected chi connectivity index (χ2v) is 6.52. The summed E-state index contributed by atoms with van der Waals surface area (Å²) < 4.78 is 0. The van der Waals surface area contributed by atoms with Crippen molar-refractivity contribution < 1.29 is 0 Å². The molecule has 0 heterocycles. The highest BCUT2D eigenvalue weighted by molar-refractivity contribution is 7.99. The highest BCUT2D eigenvalue weighted by Gasteiger charge is 2.30. The Balaban J connectivity index is 2.88. The molecule has 0 radical (unpaired) electrons. The lowest BCUT2D eigenvalue weighted by atomic mass is 9.75. The van der Waals surface area contributed by atoms with Crippen LogP contribution < -0.4 is 0 Å². The van der Waals surface area contributed by atoms with Crippen LogP contribution in [-0.2, 0) is 5.41 Å². The van der Waals surface area contributed by atoms with Crippen molar-refractivity contribution in [1.29, 1.82) is 0 Å². The quantitative estimate of drug-likeness (QED) is 0.742. The Labute approximate surface area is 109 Å². The Bertz CT molecular complexity index is 287. The van der Waals surface area contributed by atoms with Gasteiger partial charge in [-0.05, 0) is 40.9 Å². The average molecular weight is 254 g/mol. The van der Waals surface area contributed by atoms with Crippen molar-refractivity contribution in [1.82, 2.24) is 0 Å². The van der Waals surface area contributed by atoms with Crippen LogP contribution in [0.1, 0.15) is 19.4 Å². The maximum atomic E-state index is 2.37. The molecular weight excluding hydrogens is 232 g/mol. The van der Waals surface area contributed by atoms with Crippen molar-refractivity contribution in [3.63, 3.8) is 0 Å². The molecule has 0 saturated heterocycles. The lowest BCUT2D eigenvalue weighted by Gasteiger charge is -2.34. The Kier molecular flexibility index (Phi) is 5.77. The van der Waals surface area contributed by atoms with Crippen LogP contribution in [0.15, 0.2) is 30.3 Å². The summed E-state index contributed by atoms with van der Waals surface area (Å²) in [5.41, 5.74) is 1.73. The number of thioether (sulfide) groups is 2. The fourth-order valence-electron chi connectivity index (χ4n) is 1.97. The number of hydrogen-bond acceptors (Lipinski definition) is 2. The van der Waals surface area contributed by atoms with Gasteiger partial charge in [0.2, 0.25) is 0 Å². The first-order chi connectivity index (χ1) is 7.62. The van der Waals surface area contributed by atoms with Gasteiger partial charge in [0, 0.05) is 0 Å². The van der Waals surface area contributed by atoms with Gasteiger partial charge >= 0.3 is 0 Å². The number of benzene rings is 1. The fraction of sp³-hybridized carbons (Fsp3) is 0.571. The van der Waals surface area contributed by atoms with Crippen LogP contribution in [-0.4, -0.2) is 24.0 Å². The molecule has 0 aromatic heterocycles. The van der Waals surface area contributed by atoms with Crippen LogP contribution in [0.3, 0.4) is 0 Å². The van der Waals surface area contributed by atoms with Crippen LogP contribution in [0.5, 0.6) is 0 Å². The molecule has 16 heavy (non-hydrogen) atoms. The zero-order valence-corrected chi connectivity index (χ0v) is 12.3. The van der Waals surface area contributed by atoms with Gasteiger partial charge in [-0.2, -0.15) is 23.5 Å². The van der Waals surface area contributed by atoms with E-state index in [1.165, 1.54) is 17.1 Å². The van der Waals surface area contributed by atoms with Crippen molar-refractivity contribution >= 4 is 23.5 Å². The molecule has 0 nitrogen and oxygen atoms in total. The smallest absolute Gasteiger partial charge is 0.00257 e. The van der Waals surface area contributed by atoms with Crippen molar-refractivity contribution in [2.75, 3.05) is 24.0 Å². The van der Waals surface area contributed by atoms with Gasteiger partial charge in [-0.1, -0.05) is 44.2 Å². The normalized spacial score (nSPS) is 12.1. The first kappa shape index (κ1) is 14.0. The highest BCUT2D eigenvalue weighted by Crippen LogP contribution is 2.35. The van der Waals surface area contributed by atoms with E-state index in [2.05, 4.69) is 56.7 Å². The van der Waals surface area contributed by atoms with E-state index >= 15 is 0 Å². The molecule has 1 aromatic rings. The van der Waals surface area contributed by atoms with Crippen molar-refractivity contribution in [2.24, 2.45) is 5.92 Å². The van der Waals surface area contributed by atoms with Crippen LogP contribution in [0.25, 0.3) is 0 Å². The molecule has 0 N–H and O–H groups in total. The molecule has 1 aromatic carbocycles. The summed E-state index contributed by atoms with van der Waals surface area (Å²) >= 11 is 3.92. The van der Waals surface area contributed by atoms with E-state index in [0.717, 1.165) is 5.92 Å². The summed E-state index contributed by atoms with van der Waals surface area (Å²) in [6, 6.07) is 10.9. The molecular formula is C14H22S2. The lowest BCUT2D eigenvalue weighted by Crippen LogP contribution is -2.32. The fourth-order valence-corrected chi connectivity index (χ4v) is 3.99.